The van der Waals surface area contributed by atoms with Gasteiger partial charge in [-0.05, 0) is 41.2 Å². The molecule has 1 aliphatic heterocycles. The lowest BCUT2D eigenvalue weighted by Gasteiger charge is -2.17. The first-order valence-corrected chi connectivity index (χ1v) is 8.94. The number of amides is 3. The van der Waals surface area contributed by atoms with Crippen molar-refractivity contribution in [1.82, 2.24) is 4.90 Å². The van der Waals surface area contributed by atoms with Crippen molar-refractivity contribution in [3.05, 3.63) is 54.6 Å². The molecule has 4 atom stereocenters. The second-order valence-corrected chi connectivity index (χ2v) is 7.37. The largest absolute Gasteiger partial charge is 0.325 e. The molecule has 2 fully saturated rings. The van der Waals surface area contributed by atoms with Crippen LogP contribution >= 0.6 is 0 Å². The maximum absolute atomic E-state index is 12.6. The summed E-state index contributed by atoms with van der Waals surface area (Å²) in [5, 5.41) is 4.92. The Morgan fingerprint density at radius 2 is 1.62 bits per heavy atom. The van der Waals surface area contributed by atoms with Crippen LogP contribution < -0.4 is 5.32 Å². The molecule has 1 N–H and O–H groups in total. The van der Waals surface area contributed by atoms with Gasteiger partial charge in [-0.3, -0.25) is 19.3 Å². The third kappa shape index (κ3) is 2.20. The fourth-order valence-electron chi connectivity index (χ4n) is 4.73. The van der Waals surface area contributed by atoms with E-state index in [1.807, 2.05) is 42.5 Å². The van der Waals surface area contributed by atoms with E-state index in [2.05, 4.69) is 17.5 Å². The van der Waals surface area contributed by atoms with Crippen molar-refractivity contribution in [1.29, 1.82) is 0 Å². The molecule has 1 heterocycles. The molecule has 5 rings (SSSR count). The summed E-state index contributed by atoms with van der Waals surface area (Å²) in [5.41, 5.74) is 0.662. The highest BCUT2D eigenvalue weighted by Gasteiger charge is 2.59. The van der Waals surface area contributed by atoms with E-state index in [1.165, 1.54) is 0 Å². The highest BCUT2D eigenvalue weighted by Crippen LogP contribution is 2.52. The zero-order chi connectivity index (χ0) is 17.8. The van der Waals surface area contributed by atoms with E-state index in [0.717, 1.165) is 22.1 Å². The highest BCUT2D eigenvalue weighted by atomic mass is 16.2. The maximum atomic E-state index is 12.6. The van der Waals surface area contributed by atoms with Crippen LogP contribution in [0.5, 0.6) is 0 Å². The molecule has 0 spiro atoms. The molecule has 3 amide bonds. The van der Waals surface area contributed by atoms with E-state index in [9.17, 15) is 14.4 Å². The molecule has 2 bridgehead atoms. The van der Waals surface area contributed by atoms with Crippen LogP contribution in [0.1, 0.15) is 6.42 Å². The molecule has 5 heteroatoms. The molecule has 0 unspecified atom stereocenters. The van der Waals surface area contributed by atoms with Gasteiger partial charge in [0, 0.05) is 5.69 Å². The summed E-state index contributed by atoms with van der Waals surface area (Å²) in [7, 11) is 0. The number of hydrogen-bond donors (Lipinski definition) is 1. The average Bonchev–Trinajstić information content (AvgIpc) is 3.32. The molecule has 130 valence electrons. The van der Waals surface area contributed by atoms with Gasteiger partial charge in [-0.25, -0.2) is 0 Å². The first kappa shape index (κ1) is 15.3. The smallest absolute Gasteiger partial charge is 0.244 e. The first-order valence-electron chi connectivity index (χ1n) is 8.94. The Bertz CT molecular complexity index is 950. The Morgan fingerprint density at radius 1 is 0.962 bits per heavy atom. The number of rotatable bonds is 3. The second kappa shape index (κ2) is 5.53. The summed E-state index contributed by atoms with van der Waals surface area (Å²) in [6.07, 6.45) is 5.00. The lowest BCUT2D eigenvalue weighted by molar-refractivity contribution is -0.143. The predicted octanol–water partition coefficient (Wildman–Crippen LogP) is 2.59. The quantitative estimate of drug-likeness (QED) is 0.686. The molecule has 2 aromatic rings. The minimum absolute atomic E-state index is 0.162. The van der Waals surface area contributed by atoms with Gasteiger partial charge in [0.25, 0.3) is 0 Å². The number of carbonyl (C=O) groups excluding carboxylic acids is 3. The minimum Gasteiger partial charge on any atom is -0.325 e. The Labute approximate surface area is 150 Å². The summed E-state index contributed by atoms with van der Waals surface area (Å²) in [4.78, 5) is 38.9. The van der Waals surface area contributed by atoms with E-state index in [1.54, 1.807) is 0 Å². The molecule has 5 nitrogen and oxygen atoms in total. The number of carbonyl (C=O) groups is 3. The third-order valence-electron chi connectivity index (χ3n) is 5.90. The van der Waals surface area contributed by atoms with Crippen molar-refractivity contribution in [2.75, 3.05) is 11.9 Å². The number of anilines is 1. The summed E-state index contributed by atoms with van der Waals surface area (Å²) >= 11 is 0. The summed E-state index contributed by atoms with van der Waals surface area (Å²) in [6, 6.07) is 13.5. The zero-order valence-electron chi connectivity index (χ0n) is 14.1. The Hall–Kier alpha value is -2.95. The molecule has 1 saturated carbocycles. The average molecular weight is 346 g/mol. The maximum Gasteiger partial charge on any atom is 0.244 e. The van der Waals surface area contributed by atoms with Gasteiger partial charge in [0.2, 0.25) is 17.7 Å². The highest BCUT2D eigenvalue weighted by molar-refractivity contribution is 6.09. The van der Waals surface area contributed by atoms with Crippen molar-refractivity contribution < 1.29 is 14.4 Å². The van der Waals surface area contributed by atoms with E-state index < -0.39 is 0 Å². The van der Waals surface area contributed by atoms with Gasteiger partial charge < -0.3 is 5.32 Å². The molecule has 2 aliphatic carbocycles. The van der Waals surface area contributed by atoms with Gasteiger partial charge in [0.05, 0.1) is 11.8 Å². The number of hydrogen-bond acceptors (Lipinski definition) is 3. The Morgan fingerprint density at radius 3 is 2.31 bits per heavy atom. The number of nitrogens with zero attached hydrogens (tertiary/aromatic N) is 1. The number of imide groups is 1. The number of benzene rings is 2. The molecular weight excluding hydrogens is 328 g/mol. The van der Waals surface area contributed by atoms with Crippen LogP contribution in [-0.4, -0.2) is 29.2 Å². The fourth-order valence-corrected chi connectivity index (χ4v) is 4.73. The van der Waals surface area contributed by atoms with Crippen molar-refractivity contribution in [2.24, 2.45) is 23.7 Å². The van der Waals surface area contributed by atoms with Gasteiger partial charge in [-0.2, -0.15) is 0 Å². The standard InChI is InChI=1S/C21H18N2O3/c24-17(22-16-8-7-12-3-1-2-4-13(12)10-16)11-23-20(25)18-14-5-6-15(9-14)19(18)21(23)26/h1-8,10,14-15,18-19H,9,11H2,(H,22,24)/t14-,15-,18-,19-/m0/s1. The summed E-state index contributed by atoms with van der Waals surface area (Å²) < 4.78 is 0. The van der Waals surface area contributed by atoms with Gasteiger partial charge in [-0.15, -0.1) is 0 Å². The number of allylic oxidation sites excluding steroid dienone is 2. The van der Waals surface area contributed by atoms with Crippen molar-refractivity contribution in [3.8, 4) is 0 Å². The molecule has 3 aliphatic rings. The number of likely N-dealkylation sites (tertiary alicyclic amines) is 1. The van der Waals surface area contributed by atoms with Gasteiger partial charge >= 0.3 is 0 Å². The SMILES string of the molecule is O=C(CN1C(=O)[C@@H]2[C@@H](C1=O)[C@H]1C=C[C@H]2C1)Nc1ccc2ccccc2c1. The van der Waals surface area contributed by atoms with Crippen molar-refractivity contribution in [2.45, 2.75) is 6.42 Å². The van der Waals surface area contributed by atoms with E-state index in [-0.39, 0.29) is 47.9 Å². The lowest BCUT2D eigenvalue weighted by atomic mass is 9.85. The molecule has 0 radical (unpaired) electrons. The van der Waals surface area contributed by atoms with Crippen molar-refractivity contribution >= 4 is 34.2 Å². The second-order valence-electron chi connectivity index (χ2n) is 7.37. The van der Waals surface area contributed by atoms with Gasteiger partial charge in [0.1, 0.15) is 6.54 Å². The van der Waals surface area contributed by atoms with E-state index in [0.29, 0.717) is 5.69 Å². The summed E-state index contributed by atoms with van der Waals surface area (Å²) in [6.45, 7) is -0.211. The van der Waals surface area contributed by atoms with Crippen LogP contribution in [0.2, 0.25) is 0 Å². The van der Waals surface area contributed by atoms with Crippen LogP contribution in [-0.2, 0) is 14.4 Å². The van der Waals surface area contributed by atoms with Crippen LogP contribution in [0.15, 0.2) is 54.6 Å². The monoisotopic (exact) mass is 346 g/mol. The van der Waals surface area contributed by atoms with Crippen LogP contribution in [0, 0.1) is 23.7 Å². The van der Waals surface area contributed by atoms with E-state index in [4.69, 9.17) is 0 Å². The predicted molar refractivity (Wildman–Crippen MR) is 97.0 cm³/mol. The minimum atomic E-state index is -0.345. The number of fused-ring (bicyclic) bond motifs is 6. The van der Waals surface area contributed by atoms with Gasteiger partial charge in [-0.1, -0.05) is 42.5 Å². The third-order valence-corrected chi connectivity index (χ3v) is 5.90. The van der Waals surface area contributed by atoms with Gasteiger partial charge in [0.15, 0.2) is 0 Å². The van der Waals surface area contributed by atoms with Crippen LogP contribution in [0.3, 0.4) is 0 Å². The Kier molecular flexibility index (Phi) is 3.26. The van der Waals surface area contributed by atoms with Crippen LogP contribution in [0.4, 0.5) is 5.69 Å². The van der Waals surface area contributed by atoms with Crippen LogP contribution in [0.25, 0.3) is 10.8 Å². The normalized spacial score (nSPS) is 28.8. The molecule has 0 aromatic heterocycles. The fraction of sp³-hybridized carbons (Fsp3) is 0.286. The zero-order valence-corrected chi connectivity index (χ0v) is 14.1. The van der Waals surface area contributed by atoms with E-state index >= 15 is 0 Å². The summed E-state index contributed by atoms with van der Waals surface area (Å²) in [5.74, 6) is -0.916. The Balaban J connectivity index is 1.31. The van der Waals surface area contributed by atoms with Crippen molar-refractivity contribution in [3.63, 3.8) is 0 Å². The molecule has 2 aromatic carbocycles. The molecule has 1 saturated heterocycles. The first-order chi connectivity index (χ1) is 12.6. The topological polar surface area (TPSA) is 66.5 Å². The molecule has 26 heavy (non-hydrogen) atoms. The number of nitrogens with one attached hydrogen (secondary N) is 1. The molecular formula is C21H18N2O3. The lowest BCUT2D eigenvalue weighted by Crippen LogP contribution is -2.39.